The highest BCUT2D eigenvalue weighted by molar-refractivity contribution is 7.78. The van der Waals surface area contributed by atoms with Crippen LogP contribution in [0.1, 0.15) is 77.3 Å². The van der Waals surface area contributed by atoms with Gasteiger partial charge in [-0.05, 0) is 139 Å². The number of hydrogen-bond donors (Lipinski definition) is 4. The summed E-state index contributed by atoms with van der Waals surface area (Å²) in [7, 11) is 0. The van der Waals surface area contributed by atoms with Gasteiger partial charge < -0.3 is 29.9 Å². The maximum Gasteiger partial charge on any atom is 0.317 e. The van der Waals surface area contributed by atoms with E-state index in [9.17, 15) is 49.2 Å². The largest absolute Gasteiger partial charge is 0.481 e. The first kappa shape index (κ1) is 57.6. The fourth-order valence-corrected chi connectivity index (χ4v) is 11.7. The van der Waals surface area contributed by atoms with Gasteiger partial charge in [-0.25, -0.2) is 0 Å². The number of pyridine rings is 2. The van der Waals surface area contributed by atoms with Crippen LogP contribution in [0.5, 0.6) is 0 Å². The predicted octanol–water partition coefficient (Wildman–Crippen LogP) is 9.35. The average molecular weight is 1120 g/mol. The summed E-state index contributed by atoms with van der Waals surface area (Å²) in [6.07, 6.45) is -0.443. The second-order valence-corrected chi connectivity index (χ2v) is 21.2. The van der Waals surface area contributed by atoms with Gasteiger partial charge in [0.25, 0.3) is 12.9 Å². The van der Waals surface area contributed by atoms with Crippen molar-refractivity contribution < 1.29 is 58.7 Å². The molecule has 5 aromatic carbocycles. The van der Waals surface area contributed by atoms with Crippen molar-refractivity contribution >= 4 is 59.9 Å². The number of isothiocyanates is 1. The minimum absolute atomic E-state index is 0.0130. The number of rotatable bonds is 28. The summed E-state index contributed by atoms with van der Waals surface area (Å²) in [5.41, 5.74) is 12.1. The Bertz CT molecular complexity index is 3640. The Labute approximate surface area is 478 Å². The number of hydrogen-bond acceptors (Lipinski definition) is 15. The smallest absolute Gasteiger partial charge is 0.317 e. The molecule has 0 atom stereocenters. The summed E-state index contributed by atoms with van der Waals surface area (Å²) in [5.74, 6) is -4.63. The molecule has 2 aliphatic carbocycles. The average Bonchev–Trinajstić information content (AvgIpc) is 3.57. The highest BCUT2D eigenvalue weighted by Crippen LogP contribution is 2.54. The number of ether oxygens (including phenoxy) is 2. The summed E-state index contributed by atoms with van der Waals surface area (Å²) < 4.78 is 10.1. The normalized spacial score (nSPS) is 13.1. The molecule has 0 saturated carbocycles. The van der Waals surface area contributed by atoms with Crippen molar-refractivity contribution in [2.45, 2.75) is 70.1 Å². The van der Waals surface area contributed by atoms with Crippen LogP contribution in [0.25, 0.3) is 44.5 Å². The molecule has 0 bridgehead atoms. The van der Waals surface area contributed by atoms with E-state index in [0.29, 0.717) is 69.2 Å². The first-order valence-electron chi connectivity index (χ1n) is 26.3. The Kier molecular flexibility index (Phi) is 17.7. The lowest BCUT2D eigenvalue weighted by molar-refractivity contribution is -0.144. The van der Waals surface area contributed by atoms with E-state index in [1.54, 1.807) is 18.2 Å². The number of aromatic nitrogens is 2. The number of carbonyl (C=O) groups is 6. The number of aliphatic imine (C=N–C) groups is 1. The van der Waals surface area contributed by atoms with Gasteiger partial charge in [-0.2, -0.15) is 4.99 Å². The number of fused-ring (bicyclic) bond motifs is 6. The van der Waals surface area contributed by atoms with Gasteiger partial charge in [0.1, 0.15) is 13.5 Å². The van der Waals surface area contributed by atoms with Crippen LogP contribution >= 0.6 is 12.2 Å². The third-order valence-corrected chi connectivity index (χ3v) is 15.1. The van der Waals surface area contributed by atoms with Crippen LogP contribution in [0, 0.1) is 0 Å². The molecule has 9 rings (SSSR count). The standard InChI is InChI=1S/C63H58N6O12S/c1-62(2)54-9-5-3-7-50(54)52-17-13-41(25-56(52)62)43-21-46(65-48(23-43)31-68(33-60(76)77)36-80-38-70)29-67(20-19-40-11-15-45(16-12-40)64-35-82)30-47-22-44(24-49(66-47)32-69(34-61(78)79)37-81-39-71)42-14-18-53-51-8-4-6-10-55(51)63(27-58(72)73,28-59(74)75)57(53)26-42/h3-18,21-26,38-39H,19-20,27-34,36-37H2,1-2H3,(H,72,73)(H,74,75)(H,76,77)(H,78,79). The minimum Gasteiger partial charge on any atom is -0.481 e. The van der Waals surface area contributed by atoms with Crippen LogP contribution in [-0.2, 0) is 81.7 Å². The number of carboxylic acid groups (broad SMARTS) is 4. The van der Waals surface area contributed by atoms with E-state index in [0.717, 1.165) is 38.9 Å². The fourth-order valence-electron chi connectivity index (χ4n) is 11.6. The maximum atomic E-state index is 12.7. The Morgan fingerprint density at radius 2 is 0.976 bits per heavy atom. The molecule has 7 aromatic rings. The van der Waals surface area contributed by atoms with Crippen LogP contribution in [0.3, 0.4) is 0 Å². The van der Waals surface area contributed by atoms with Crippen molar-refractivity contribution in [3.8, 4) is 44.5 Å². The lowest BCUT2D eigenvalue weighted by Crippen LogP contribution is -2.32. The third-order valence-electron chi connectivity index (χ3n) is 15.0. The molecule has 2 heterocycles. The van der Waals surface area contributed by atoms with Gasteiger partial charge in [-0.15, -0.1) is 0 Å². The quantitative estimate of drug-likeness (QED) is 0.0154. The van der Waals surface area contributed by atoms with E-state index in [1.165, 1.54) is 15.4 Å². The van der Waals surface area contributed by atoms with Crippen molar-refractivity contribution in [1.82, 2.24) is 24.7 Å². The Balaban J connectivity index is 1.16. The van der Waals surface area contributed by atoms with Gasteiger partial charge in [0.15, 0.2) is 0 Å². The zero-order chi connectivity index (χ0) is 58.1. The summed E-state index contributed by atoms with van der Waals surface area (Å²) in [6, 6.07) is 42.6. The van der Waals surface area contributed by atoms with Crippen molar-refractivity contribution in [3.63, 3.8) is 0 Å². The molecule has 0 saturated heterocycles. The third kappa shape index (κ3) is 13.1. The molecule has 418 valence electrons. The van der Waals surface area contributed by atoms with Gasteiger partial charge >= 0.3 is 23.9 Å². The Morgan fingerprint density at radius 3 is 1.45 bits per heavy atom. The van der Waals surface area contributed by atoms with Crippen LogP contribution in [-0.4, -0.2) is 120 Å². The zero-order valence-corrected chi connectivity index (χ0v) is 45.8. The lowest BCUT2D eigenvalue weighted by Gasteiger charge is -2.29. The topological polar surface area (TPSA) is 250 Å². The van der Waals surface area contributed by atoms with Crippen LogP contribution in [0.15, 0.2) is 138 Å². The van der Waals surface area contributed by atoms with Gasteiger partial charge in [-0.1, -0.05) is 98.8 Å². The molecule has 19 heteroatoms. The van der Waals surface area contributed by atoms with Crippen molar-refractivity contribution in [2.75, 3.05) is 33.1 Å². The highest BCUT2D eigenvalue weighted by atomic mass is 32.1. The molecule has 2 aromatic heterocycles. The molecule has 0 spiro atoms. The summed E-state index contributed by atoms with van der Waals surface area (Å²) in [4.78, 5) is 91.7. The second kappa shape index (κ2) is 25.1. The minimum atomic E-state index is -1.42. The van der Waals surface area contributed by atoms with Gasteiger partial charge in [-0.3, -0.25) is 53.4 Å². The van der Waals surface area contributed by atoms with E-state index >= 15 is 0 Å². The molecule has 18 nitrogen and oxygen atoms in total. The highest BCUT2D eigenvalue weighted by Gasteiger charge is 2.46. The van der Waals surface area contributed by atoms with Gasteiger partial charge in [0.05, 0.1) is 59.6 Å². The SMILES string of the molecule is CC1(C)c2ccccc2-c2ccc(-c3cc(CN(COC=O)CC(=O)O)nc(CN(CCc4ccc(N=C=S)cc4)Cc4cc(-c5ccc6c(c5)C(CC(=O)O)(CC(=O)O)c5ccccc5-6)cc(CN(COC=O)CC(=O)O)n4)c3)cc21. The lowest BCUT2D eigenvalue weighted by atomic mass is 9.72. The van der Waals surface area contributed by atoms with E-state index in [2.05, 4.69) is 59.2 Å². The second-order valence-electron chi connectivity index (χ2n) is 21.0. The predicted molar refractivity (Wildman–Crippen MR) is 307 cm³/mol. The monoisotopic (exact) mass is 1120 g/mol. The van der Waals surface area contributed by atoms with E-state index in [1.807, 2.05) is 84.9 Å². The van der Waals surface area contributed by atoms with E-state index in [4.69, 9.17) is 31.7 Å². The van der Waals surface area contributed by atoms with Crippen molar-refractivity contribution in [1.29, 1.82) is 0 Å². The zero-order valence-electron chi connectivity index (χ0n) is 45.0. The first-order valence-corrected chi connectivity index (χ1v) is 26.7. The summed E-state index contributed by atoms with van der Waals surface area (Å²) in [5, 5.41) is 42.9. The Hall–Kier alpha value is -9.10. The van der Waals surface area contributed by atoms with Gasteiger partial charge in [0, 0.05) is 43.6 Å². The molecule has 0 aliphatic heterocycles. The fraction of sp³-hybridized carbons (Fsp3) is 0.254. The van der Waals surface area contributed by atoms with Crippen molar-refractivity contribution in [3.05, 3.63) is 184 Å². The number of carbonyl (C=O) groups excluding carboxylic acids is 2. The number of benzene rings is 5. The molecular weight excluding hydrogens is 1060 g/mol. The number of carboxylic acids is 4. The first-order chi connectivity index (χ1) is 39.5. The molecule has 0 unspecified atom stereocenters. The molecule has 2 aliphatic rings. The molecular formula is C63H58N6O12S. The molecule has 0 radical (unpaired) electrons. The van der Waals surface area contributed by atoms with Crippen LogP contribution in [0.4, 0.5) is 5.69 Å². The summed E-state index contributed by atoms with van der Waals surface area (Å²) in [6.45, 7) is 4.08. The maximum absolute atomic E-state index is 12.7. The van der Waals surface area contributed by atoms with Gasteiger partial charge in [0.2, 0.25) is 0 Å². The van der Waals surface area contributed by atoms with Crippen LogP contribution < -0.4 is 0 Å². The number of aliphatic carboxylic acids is 4. The number of nitrogens with zero attached hydrogens (tertiary/aromatic N) is 6. The molecule has 0 fully saturated rings. The van der Waals surface area contributed by atoms with Crippen LogP contribution in [0.2, 0.25) is 0 Å². The van der Waals surface area contributed by atoms with E-state index < -0.39 is 55.2 Å². The molecule has 82 heavy (non-hydrogen) atoms. The molecule has 4 N–H and O–H groups in total. The van der Waals surface area contributed by atoms with Crippen molar-refractivity contribution in [2.24, 2.45) is 4.99 Å². The number of thiocarbonyl (C=S) groups is 1. The van der Waals surface area contributed by atoms with E-state index in [-0.39, 0.29) is 58.0 Å². The summed E-state index contributed by atoms with van der Waals surface area (Å²) >= 11 is 4.84. The Morgan fingerprint density at radius 1 is 0.537 bits per heavy atom. The molecule has 0 amide bonds.